The SMILES string of the molecule is CC[C@@H](c1nnnn1C(C)(C)C)N(Cc1cc2ccc(OC)cc2[nH]c1=O)C1CCCCC1. The summed E-state index contributed by atoms with van der Waals surface area (Å²) in [5.74, 6) is 1.60. The Balaban J connectivity index is 1.74. The first-order valence-electron chi connectivity index (χ1n) is 12.1. The number of hydrogen-bond acceptors (Lipinski definition) is 6. The Kier molecular flexibility index (Phi) is 6.83. The Hall–Kier alpha value is -2.74. The predicted octanol–water partition coefficient (Wildman–Crippen LogP) is 4.56. The lowest BCUT2D eigenvalue weighted by Crippen LogP contribution is -2.42. The van der Waals surface area contributed by atoms with Gasteiger partial charge < -0.3 is 9.72 Å². The highest BCUT2D eigenvalue weighted by molar-refractivity contribution is 5.80. The van der Waals surface area contributed by atoms with Gasteiger partial charge in [-0.05, 0) is 74.0 Å². The second-order valence-electron chi connectivity index (χ2n) is 10.1. The molecule has 0 amide bonds. The van der Waals surface area contributed by atoms with E-state index in [0.717, 1.165) is 47.3 Å². The van der Waals surface area contributed by atoms with Gasteiger partial charge in [0.2, 0.25) is 0 Å². The number of hydrogen-bond donors (Lipinski definition) is 1. The Morgan fingerprint density at radius 1 is 1.21 bits per heavy atom. The van der Waals surface area contributed by atoms with Crippen LogP contribution in [0.25, 0.3) is 10.9 Å². The van der Waals surface area contributed by atoms with Crippen LogP contribution in [0.15, 0.2) is 29.1 Å². The van der Waals surface area contributed by atoms with Gasteiger partial charge in [0, 0.05) is 24.2 Å². The molecule has 8 nitrogen and oxygen atoms in total. The zero-order valence-electron chi connectivity index (χ0n) is 20.5. The van der Waals surface area contributed by atoms with Crippen LogP contribution in [0.4, 0.5) is 0 Å². The minimum atomic E-state index is -0.218. The number of ether oxygens (including phenoxy) is 1. The van der Waals surface area contributed by atoms with E-state index in [-0.39, 0.29) is 17.1 Å². The zero-order valence-corrected chi connectivity index (χ0v) is 20.5. The predicted molar refractivity (Wildman–Crippen MR) is 129 cm³/mol. The van der Waals surface area contributed by atoms with Gasteiger partial charge in [-0.3, -0.25) is 9.69 Å². The maximum atomic E-state index is 13.1. The zero-order chi connectivity index (χ0) is 23.6. The van der Waals surface area contributed by atoms with Gasteiger partial charge >= 0.3 is 0 Å². The van der Waals surface area contributed by atoms with Crippen LogP contribution in [0.1, 0.15) is 83.6 Å². The number of nitrogens with zero attached hydrogens (tertiary/aromatic N) is 5. The van der Waals surface area contributed by atoms with E-state index in [1.807, 2.05) is 28.9 Å². The molecule has 1 aliphatic rings. The van der Waals surface area contributed by atoms with Crippen molar-refractivity contribution in [2.45, 2.75) is 90.4 Å². The lowest BCUT2D eigenvalue weighted by atomic mass is 9.92. The molecule has 1 fully saturated rings. The van der Waals surface area contributed by atoms with Crippen LogP contribution >= 0.6 is 0 Å². The number of rotatable bonds is 7. The molecule has 0 bridgehead atoms. The van der Waals surface area contributed by atoms with Crippen LogP contribution in [-0.4, -0.2) is 43.2 Å². The van der Waals surface area contributed by atoms with Crippen molar-refractivity contribution < 1.29 is 4.74 Å². The second kappa shape index (κ2) is 9.63. The summed E-state index contributed by atoms with van der Waals surface area (Å²) in [5.41, 5.74) is 1.29. The minimum Gasteiger partial charge on any atom is -0.497 e. The molecule has 1 aromatic carbocycles. The molecular formula is C25H36N6O2. The van der Waals surface area contributed by atoms with E-state index in [2.05, 4.69) is 53.1 Å². The van der Waals surface area contributed by atoms with Crippen molar-refractivity contribution in [2.24, 2.45) is 0 Å². The van der Waals surface area contributed by atoms with Crippen molar-refractivity contribution in [3.63, 3.8) is 0 Å². The number of pyridine rings is 1. The number of aromatic amines is 1. The van der Waals surface area contributed by atoms with Crippen molar-refractivity contribution in [3.05, 3.63) is 46.0 Å². The van der Waals surface area contributed by atoms with Crippen LogP contribution in [0, 0.1) is 0 Å². The van der Waals surface area contributed by atoms with Crippen LogP contribution in [0.5, 0.6) is 5.75 Å². The van der Waals surface area contributed by atoms with Crippen molar-refractivity contribution >= 4 is 10.9 Å². The lowest BCUT2D eigenvalue weighted by Gasteiger charge is -2.39. The highest BCUT2D eigenvalue weighted by atomic mass is 16.5. The maximum Gasteiger partial charge on any atom is 0.252 e. The number of nitrogens with one attached hydrogen (secondary N) is 1. The third-order valence-electron chi connectivity index (χ3n) is 6.74. The fraction of sp³-hybridized carbons (Fsp3) is 0.600. The second-order valence-corrected chi connectivity index (χ2v) is 10.1. The minimum absolute atomic E-state index is 0.0355. The average molecular weight is 453 g/mol. The maximum absolute atomic E-state index is 13.1. The summed E-state index contributed by atoms with van der Waals surface area (Å²) in [4.78, 5) is 18.6. The highest BCUT2D eigenvalue weighted by Crippen LogP contribution is 2.34. The number of fused-ring (bicyclic) bond motifs is 1. The van der Waals surface area contributed by atoms with Crippen LogP contribution in [-0.2, 0) is 12.1 Å². The highest BCUT2D eigenvalue weighted by Gasteiger charge is 2.33. The molecule has 0 spiro atoms. The van der Waals surface area contributed by atoms with Crippen molar-refractivity contribution in [1.29, 1.82) is 0 Å². The molecule has 1 aliphatic carbocycles. The first-order valence-corrected chi connectivity index (χ1v) is 12.1. The Bertz CT molecular complexity index is 1140. The smallest absolute Gasteiger partial charge is 0.252 e. The molecule has 0 radical (unpaired) electrons. The number of methoxy groups -OCH3 is 1. The molecule has 4 rings (SSSR count). The molecule has 2 heterocycles. The summed E-state index contributed by atoms with van der Waals surface area (Å²) in [5, 5.41) is 13.8. The number of aromatic nitrogens is 5. The topological polar surface area (TPSA) is 88.9 Å². The fourth-order valence-electron chi connectivity index (χ4n) is 5.02. The third kappa shape index (κ3) is 4.95. The van der Waals surface area contributed by atoms with Crippen LogP contribution in [0.3, 0.4) is 0 Å². The number of H-pyrrole nitrogens is 1. The van der Waals surface area contributed by atoms with E-state index in [1.54, 1.807) is 7.11 Å². The molecule has 1 N–H and O–H groups in total. The Morgan fingerprint density at radius 2 is 1.97 bits per heavy atom. The largest absolute Gasteiger partial charge is 0.497 e. The van der Waals surface area contributed by atoms with Gasteiger partial charge in [-0.15, -0.1) is 5.10 Å². The summed E-state index contributed by atoms with van der Waals surface area (Å²) < 4.78 is 7.25. The van der Waals surface area contributed by atoms with E-state index in [0.29, 0.717) is 12.6 Å². The first kappa shape index (κ1) is 23.4. The van der Waals surface area contributed by atoms with Gasteiger partial charge in [0.15, 0.2) is 5.82 Å². The van der Waals surface area contributed by atoms with Gasteiger partial charge in [-0.1, -0.05) is 26.2 Å². The summed E-state index contributed by atoms with van der Waals surface area (Å²) in [6.07, 6.45) is 6.85. The third-order valence-corrected chi connectivity index (χ3v) is 6.74. The van der Waals surface area contributed by atoms with E-state index in [9.17, 15) is 4.79 Å². The van der Waals surface area contributed by atoms with E-state index in [4.69, 9.17) is 4.74 Å². The molecule has 8 heteroatoms. The van der Waals surface area contributed by atoms with Crippen LogP contribution in [0.2, 0.25) is 0 Å². The molecule has 0 saturated heterocycles. The van der Waals surface area contributed by atoms with Gasteiger partial charge in [0.05, 0.1) is 24.2 Å². The van der Waals surface area contributed by atoms with Gasteiger partial charge in [0.25, 0.3) is 5.56 Å². The summed E-state index contributed by atoms with van der Waals surface area (Å²) in [6, 6.07) is 8.24. The molecule has 1 atom stereocenters. The quantitative estimate of drug-likeness (QED) is 0.565. The fourth-order valence-corrected chi connectivity index (χ4v) is 5.02. The normalized spacial score (nSPS) is 16.4. The summed E-state index contributed by atoms with van der Waals surface area (Å²) >= 11 is 0. The standard InChI is InChI=1S/C25H36N6O2/c1-6-22(23-27-28-29-31(23)25(2,3)4)30(19-10-8-7-9-11-19)16-18-14-17-12-13-20(33-5)15-21(17)26-24(18)32/h12-15,19,22H,6-11,16H2,1-5H3,(H,26,32)/t22-/m0/s1. The first-order chi connectivity index (χ1) is 15.8. The summed E-state index contributed by atoms with van der Waals surface area (Å²) in [7, 11) is 1.63. The van der Waals surface area contributed by atoms with E-state index >= 15 is 0 Å². The average Bonchev–Trinajstić information content (AvgIpc) is 3.30. The monoisotopic (exact) mass is 452 g/mol. The molecule has 1 saturated carbocycles. The molecular weight excluding hydrogens is 416 g/mol. The molecule has 0 aliphatic heterocycles. The molecule has 178 valence electrons. The Morgan fingerprint density at radius 3 is 2.64 bits per heavy atom. The van der Waals surface area contributed by atoms with E-state index < -0.39 is 0 Å². The van der Waals surface area contributed by atoms with Gasteiger partial charge in [-0.25, -0.2) is 4.68 Å². The summed E-state index contributed by atoms with van der Waals surface area (Å²) in [6.45, 7) is 9.10. The van der Waals surface area contributed by atoms with Gasteiger partial charge in [0.1, 0.15) is 5.75 Å². The molecule has 2 aromatic heterocycles. The Labute approximate surface area is 195 Å². The molecule has 3 aromatic rings. The van der Waals surface area contributed by atoms with Gasteiger partial charge in [-0.2, -0.15) is 0 Å². The number of benzene rings is 1. The van der Waals surface area contributed by atoms with Crippen LogP contribution < -0.4 is 10.3 Å². The lowest BCUT2D eigenvalue weighted by molar-refractivity contribution is 0.0810. The van der Waals surface area contributed by atoms with Crippen molar-refractivity contribution in [1.82, 2.24) is 30.1 Å². The molecule has 0 unspecified atom stereocenters. The number of tetrazole rings is 1. The van der Waals surface area contributed by atoms with Crippen molar-refractivity contribution in [3.8, 4) is 5.75 Å². The van der Waals surface area contributed by atoms with Crippen molar-refractivity contribution in [2.75, 3.05) is 7.11 Å². The van der Waals surface area contributed by atoms with E-state index in [1.165, 1.54) is 19.3 Å². The molecule has 33 heavy (non-hydrogen) atoms.